The Morgan fingerprint density at radius 2 is 1.39 bits per heavy atom. The van der Waals surface area contributed by atoms with Gasteiger partial charge in [-0.2, -0.15) is 0 Å². The van der Waals surface area contributed by atoms with Gasteiger partial charge < -0.3 is 36.5 Å². The Kier molecular flexibility index (Phi) is 8.20. The molecule has 10 heteroatoms. The van der Waals surface area contributed by atoms with Crippen LogP contribution in [0.25, 0.3) is 21.8 Å². The number of benzene rings is 2. The maximum Gasteiger partial charge on any atom is 0.243 e. The van der Waals surface area contributed by atoms with Crippen LogP contribution in [0.2, 0.25) is 0 Å². The number of aromatic amines is 2. The molecule has 2 aromatic heterocycles. The van der Waals surface area contributed by atoms with Crippen LogP contribution >= 0.6 is 0 Å². The second kappa shape index (κ2) is 11.7. The number of hydrogen-bond acceptors (Lipinski definition) is 5. The first-order chi connectivity index (χ1) is 18.2. The highest BCUT2D eigenvalue weighted by atomic mass is 16.3. The lowest BCUT2D eigenvalue weighted by Crippen LogP contribution is -2.54. The smallest absolute Gasteiger partial charge is 0.243 e. The van der Waals surface area contributed by atoms with Gasteiger partial charge in [0, 0.05) is 53.5 Å². The Morgan fingerprint density at radius 1 is 0.842 bits per heavy atom. The van der Waals surface area contributed by atoms with Gasteiger partial charge in [0.1, 0.15) is 23.6 Å². The number of nitrogens with two attached hydrogens (primary N) is 1. The number of phenolic OH excluding ortho intramolecular Hbond substituents is 2. The highest BCUT2D eigenvalue weighted by Gasteiger charge is 2.27. The van der Waals surface area contributed by atoms with Gasteiger partial charge in [-0.3, -0.25) is 14.4 Å². The fourth-order valence-electron chi connectivity index (χ4n) is 4.62. The van der Waals surface area contributed by atoms with Crippen molar-refractivity contribution < 1.29 is 24.6 Å². The van der Waals surface area contributed by atoms with Crippen LogP contribution in [0.15, 0.2) is 48.8 Å². The number of H-pyrrole nitrogens is 2. The van der Waals surface area contributed by atoms with Crippen molar-refractivity contribution in [3.05, 3.63) is 59.9 Å². The van der Waals surface area contributed by atoms with Crippen LogP contribution in [-0.2, 0) is 27.2 Å². The summed E-state index contributed by atoms with van der Waals surface area (Å²) in [5.41, 5.74) is 8.63. The fraction of sp³-hybridized carbons (Fsp3) is 0.321. The highest BCUT2D eigenvalue weighted by Crippen LogP contribution is 2.25. The van der Waals surface area contributed by atoms with Gasteiger partial charge in [0.15, 0.2) is 0 Å². The van der Waals surface area contributed by atoms with Gasteiger partial charge in [-0.05, 0) is 53.9 Å². The van der Waals surface area contributed by atoms with E-state index in [9.17, 15) is 24.6 Å². The molecule has 4 rings (SSSR count). The average molecular weight is 520 g/mol. The molecule has 0 aliphatic heterocycles. The highest BCUT2D eigenvalue weighted by molar-refractivity contribution is 5.93. The summed E-state index contributed by atoms with van der Waals surface area (Å²) in [6.07, 6.45) is 6.52. The minimum absolute atomic E-state index is 0.0774. The Balaban J connectivity index is 1.55. The average Bonchev–Trinajstić information content (AvgIpc) is 3.46. The molecule has 0 radical (unpaired) electrons. The number of rotatable bonds is 12. The number of carbonyl (C=O) groups excluding carboxylic acids is 3. The van der Waals surface area contributed by atoms with Gasteiger partial charge in [0.25, 0.3) is 0 Å². The lowest BCUT2D eigenvalue weighted by atomic mass is 10.0. The monoisotopic (exact) mass is 519 g/mol. The van der Waals surface area contributed by atoms with E-state index in [4.69, 9.17) is 5.73 Å². The zero-order valence-electron chi connectivity index (χ0n) is 21.2. The number of phenols is 2. The molecule has 2 aromatic carbocycles. The quantitative estimate of drug-likeness (QED) is 0.142. The summed E-state index contributed by atoms with van der Waals surface area (Å²) < 4.78 is 0. The summed E-state index contributed by atoms with van der Waals surface area (Å²) >= 11 is 0. The first-order valence-corrected chi connectivity index (χ1v) is 12.7. The summed E-state index contributed by atoms with van der Waals surface area (Å²) in [7, 11) is 0. The molecule has 2 heterocycles. The molecule has 0 spiro atoms. The van der Waals surface area contributed by atoms with Gasteiger partial charge in [0.05, 0.1) is 0 Å². The van der Waals surface area contributed by atoms with E-state index in [1.165, 1.54) is 0 Å². The first-order valence-electron chi connectivity index (χ1n) is 12.7. The van der Waals surface area contributed by atoms with Crippen LogP contribution in [-0.4, -0.2) is 50.0 Å². The number of nitrogens with one attached hydrogen (secondary N) is 4. The molecule has 3 amide bonds. The van der Waals surface area contributed by atoms with Crippen LogP contribution < -0.4 is 16.4 Å². The molecule has 0 fully saturated rings. The van der Waals surface area contributed by atoms with Gasteiger partial charge in [0.2, 0.25) is 17.7 Å². The van der Waals surface area contributed by atoms with Crippen LogP contribution in [0.3, 0.4) is 0 Å². The zero-order valence-corrected chi connectivity index (χ0v) is 21.2. The summed E-state index contributed by atoms with van der Waals surface area (Å²) in [6.45, 7) is 2.04. The largest absolute Gasteiger partial charge is 0.508 e. The second-order valence-corrected chi connectivity index (χ2v) is 9.54. The number of primary amides is 1. The Hall–Kier alpha value is -4.47. The Morgan fingerprint density at radius 3 is 1.92 bits per heavy atom. The SMILES string of the molecule is CCCCCC(=O)N[C@@H](Cc1c[nH]c2ccc(O)cc12)C(=O)N[C@@H](Cc1c[nH]c2ccc(O)cc12)C(N)=O. The van der Waals surface area contributed by atoms with Crippen LogP contribution in [0.1, 0.15) is 43.7 Å². The number of aromatic nitrogens is 2. The number of unbranched alkanes of at least 4 members (excludes halogenated alkanes) is 2. The van der Waals surface area contributed by atoms with Crippen molar-refractivity contribution in [2.24, 2.45) is 5.73 Å². The topological polar surface area (TPSA) is 173 Å². The predicted octanol–water partition coefficient (Wildman–Crippen LogP) is 2.88. The number of fused-ring (bicyclic) bond motifs is 2. The Labute approximate surface area is 219 Å². The van der Waals surface area contributed by atoms with Crippen molar-refractivity contribution in [1.29, 1.82) is 0 Å². The summed E-state index contributed by atoms with van der Waals surface area (Å²) in [6, 6.07) is 7.71. The van der Waals surface area contributed by atoms with Crippen molar-refractivity contribution in [2.75, 3.05) is 0 Å². The van der Waals surface area contributed by atoms with E-state index < -0.39 is 23.9 Å². The van der Waals surface area contributed by atoms with Gasteiger partial charge in [-0.25, -0.2) is 0 Å². The molecule has 200 valence electrons. The van der Waals surface area contributed by atoms with E-state index in [0.717, 1.165) is 34.8 Å². The van der Waals surface area contributed by atoms with Gasteiger partial charge >= 0.3 is 0 Å². The minimum atomic E-state index is -1.05. The van der Waals surface area contributed by atoms with E-state index in [1.807, 2.05) is 6.92 Å². The molecule has 0 saturated carbocycles. The lowest BCUT2D eigenvalue weighted by molar-refractivity contribution is -0.131. The first kappa shape index (κ1) is 26.6. The van der Waals surface area contributed by atoms with Crippen LogP contribution in [0, 0.1) is 0 Å². The number of amides is 3. The molecule has 0 bridgehead atoms. The van der Waals surface area contributed by atoms with Gasteiger partial charge in [-0.1, -0.05) is 19.8 Å². The lowest BCUT2D eigenvalue weighted by Gasteiger charge is -2.22. The molecule has 0 aliphatic rings. The van der Waals surface area contributed by atoms with Crippen molar-refractivity contribution >= 4 is 39.5 Å². The molecular weight excluding hydrogens is 486 g/mol. The van der Waals surface area contributed by atoms with Crippen molar-refractivity contribution in [3.8, 4) is 11.5 Å². The molecule has 8 N–H and O–H groups in total. The second-order valence-electron chi connectivity index (χ2n) is 9.54. The molecular formula is C28H33N5O5. The molecule has 10 nitrogen and oxygen atoms in total. The number of carbonyl (C=O) groups is 3. The van der Waals surface area contributed by atoms with E-state index in [2.05, 4.69) is 20.6 Å². The Bertz CT molecular complexity index is 1460. The van der Waals surface area contributed by atoms with Crippen LogP contribution in [0.4, 0.5) is 0 Å². The van der Waals surface area contributed by atoms with Gasteiger partial charge in [-0.15, -0.1) is 0 Å². The molecule has 0 saturated heterocycles. The third-order valence-electron chi connectivity index (χ3n) is 6.67. The number of hydrogen-bond donors (Lipinski definition) is 7. The zero-order chi connectivity index (χ0) is 27.2. The van der Waals surface area contributed by atoms with E-state index >= 15 is 0 Å². The summed E-state index contributed by atoms with van der Waals surface area (Å²) in [5, 5.41) is 26.8. The molecule has 38 heavy (non-hydrogen) atoms. The summed E-state index contributed by atoms with van der Waals surface area (Å²) in [4.78, 5) is 44.7. The third kappa shape index (κ3) is 6.26. The molecule has 4 aromatic rings. The fourth-order valence-corrected chi connectivity index (χ4v) is 4.62. The standard InChI is InChI=1S/C28H33N5O5/c1-2-3-4-5-26(36)32-25(11-17-15-31-23-9-7-19(35)13-21(17)23)28(38)33-24(27(29)37)10-16-14-30-22-8-6-18(34)12-20(16)22/h6-9,12-15,24-25,30-31,34-35H,2-5,10-11H2,1H3,(H2,29,37)(H,32,36)(H,33,38)/t24-,25-/m0/s1. The third-order valence-corrected chi connectivity index (χ3v) is 6.67. The maximum absolute atomic E-state index is 13.5. The summed E-state index contributed by atoms with van der Waals surface area (Å²) in [5.74, 6) is -1.37. The molecule has 2 atom stereocenters. The predicted molar refractivity (Wildman–Crippen MR) is 145 cm³/mol. The normalized spacial score (nSPS) is 12.9. The number of aromatic hydroxyl groups is 2. The van der Waals surface area contributed by atoms with Crippen LogP contribution in [0.5, 0.6) is 11.5 Å². The van der Waals surface area contributed by atoms with Crippen molar-refractivity contribution in [3.63, 3.8) is 0 Å². The van der Waals surface area contributed by atoms with E-state index in [1.54, 1.807) is 48.8 Å². The van der Waals surface area contributed by atoms with E-state index in [0.29, 0.717) is 17.4 Å². The van der Waals surface area contributed by atoms with Crippen molar-refractivity contribution in [1.82, 2.24) is 20.6 Å². The van der Waals surface area contributed by atoms with E-state index in [-0.39, 0.29) is 36.7 Å². The molecule has 0 unspecified atom stereocenters. The van der Waals surface area contributed by atoms with Crippen molar-refractivity contribution in [2.45, 2.75) is 57.5 Å². The molecule has 0 aliphatic carbocycles. The maximum atomic E-state index is 13.5. The minimum Gasteiger partial charge on any atom is -0.508 e.